The maximum atomic E-state index is 12.0. The van der Waals surface area contributed by atoms with Crippen LogP contribution in [0.3, 0.4) is 0 Å². The van der Waals surface area contributed by atoms with Crippen LogP contribution in [-0.4, -0.2) is 28.3 Å². The number of amides is 1. The molecule has 1 amide bonds. The molecule has 1 unspecified atom stereocenters. The van der Waals surface area contributed by atoms with Crippen LogP contribution in [-0.2, 0) is 9.59 Å². The van der Waals surface area contributed by atoms with Crippen LogP contribution in [0, 0.1) is 19.8 Å². The van der Waals surface area contributed by atoms with Crippen molar-refractivity contribution in [3.05, 3.63) is 23.4 Å². The zero-order valence-electron chi connectivity index (χ0n) is 11.5. The normalized spacial score (nSPS) is 19.0. The molecule has 1 aromatic rings. The van der Waals surface area contributed by atoms with Crippen molar-refractivity contribution in [2.24, 2.45) is 5.92 Å². The molecule has 0 N–H and O–H groups in total. The molecule has 2 rings (SSSR count). The second-order valence-corrected chi connectivity index (χ2v) is 6.22. The summed E-state index contributed by atoms with van der Waals surface area (Å²) in [6.45, 7) is 6.15. The maximum absolute atomic E-state index is 12.0. The van der Waals surface area contributed by atoms with E-state index in [0.717, 1.165) is 17.1 Å². The summed E-state index contributed by atoms with van der Waals surface area (Å²) in [6.07, 6.45) is 0.509. The Kier molecular flexibility index (Phi) is 4.24. The van der Waals surface area contributed by atoms with E-state index < -0.39 is 0 Å². The topological polar surface area (TPSA) is 50.3 Å². The molecule has 0 spiro atoms. The van der Waals surface area contributed by atoms with Crippen LogP contribution in [0.15, 0.2) is 12.1 Å². The first kappa shape index (κ1) is 14.1. The van der Waals surface area contributed by atoms with Gasteiger partial charge >= 0.3 is 0 Å². The van der Waals surface area contributed by atoms with E-state index in [2.05, 4.69) is 4.98 Å². The van der Waals surface area contributed by atoms with Crippen molar-refractivity contribution in [3.8, 4) is 0 Å². The predicted octanol–water partition coefficient (Wildman–Crippen LogP) is 2.33. The first-order valence-electron chi connectivity index (χ1n) is 6.34. The quantitative estimate of drug-likeness (QED) is 0.851. The lowest BCUT2D eigenvalue weighted by atomic mass is 10.1. The maximum Gasteiger partial charge on any atom is 0.228 e. The number of rotatable bonds is 3. The molecule has 0 bridgehead atoms. The zero-order valence-corrected chi connectivity index (χ0v) is 12.3. The predicted molar refractivity (Wildman–Crippen MR) is 77.3 cm³/mol. The van der Waals surface area contributed by atoms with Crippen LogP contribution in [0.4, 0.5) is 5.82 Å². The SMILES string of the molecule is CC(=O)SCC1CC(=O)N(c2cc(C)cc(C)n2)C1. The number of nitrogens with zero attached hydrogens (tertiary/aromatic N) is 2. The Morgan fingerprint density at radius 2 is 2.21 bits per heavy atom. The van der Waals surface area contributed by atoms with Crippen molar-refractivity contribution in [1.29, 1.82) is 0 Å². The average molecular weight is 278 g/mol. The van der Waals surface area contributed by atoms with Gasteiger partial charge in [0.25, 0.3) is 0 Å². The number of thioether (sulfide) groups is 1. The lowest BCUT2D eigenvalue weighted by Gasteiger charge is -2.16. The van der Waals surface area contributed by atoms with Gasteiger partial charge in [-0.2, -0.15) is 0 Å². The molecule has 2 heterocycles. The first-order valence-corrected chi connectivity index (χ1v) is 7.33. The number of anilines is 1. The first-order chi connectivity index (χ1) is 8.95. The molecule has 1 fully saturated rings. The molecule has 5 heteroatoms. The molecule has 1 atom stereocenters. The molecule has 0 radical (unpaired) electrons. The van der Waals surface area contributed by atoms with E-state index in [-0.39, 0.29) is 16.9 Å². The summed E-state index contributed by atoms with van der Waals surface area (Å²) < 4.78 is 0. The molecule has 1 saturated heterocycles. The van der Waals surface area contributed by atoms with E-state index in [0.29, 0.717) is 18.7 Å². The lowest BCUT2D eigenvalue weighted by Crippen LogP contribution is -2.26. The Bertz CT molecular complexity index is 496. The van der Waals surface area contributed by atoms with Gasteiger partial charge in [-0.3, -0.25) is 14.5 Å². The Hall–Kier alpha value is -1.36. The van der Waals surface area contributed by atoms with Crippen LogP contribution in [0.2, 0.25) is 0 Å². The number of pyridine rings is 1. The van der Waals surface area contributed by atoms with Crippen LogP contribution in [0.25, 0.3) is 0 Å². The molecular weight excluding hydrogens is 260 g/mol. The van der Waals surface area contributed by atoms with Crippen molar-refractivity contribution >= 4 is 28.6 Å². The summed E-state index contributed by atoms with van der Waals surface area (Å²) in [5.41, 5.74) is 2.03. The molecule has 1 aromatic heterocycles. The van der Waals surface area contributed by atoms with Gasteiger partial charge in [0.2, 0.25) is 5.91 Å². The molecule has 1 aliphatic rings. The Morgan fingerprint density at radius 1 is 1.47 bits per heavy atom. The third kappa shape index (κ3) is 3.56. The van der Waals surface area contributed by atoms with Crippen LogP contribution in [0.1, 0.15) is 24.6 Å². The molecule has 0 saturated carbocycles. The smallest absolute Gasteiger partial charge is 0.228 e. The van der Waals surface area contributed by atoms with Crippen molar-refractivity contribution in [1.82, 2.24) is 4.98 Å². The van der Waals surface area contributed by atoms with Crippen LogP contribution in [0.5, 0.6) is 0 Å². The second kappa shape index (κ2) is 5.74. The average Bonchev–Trinajstić information content (AvgIpc) is 2.66. The molecule has 4 nitrogen and oxygen atoms in total. The fourth-order valence-corrected chi connectivity index (χ4v) is 3.00. The third-order valence-corrected chi connectivity index (χ3v) is 4.13. The van der Waals surface area contributed by atoms with E-state index in [9.17, 15) is 9.59 Å². The van der Waals surface area contributed by atoms with E-state index in [1.807, 2.05) is 26.0 Å². The lowest BCUT2D eigenvalue weighted by molar-refractivity contribution is -0.117. The fourth-order valence-electron chi connectivity index (χ4n) is 2.31. The molecule has 1 aliphatic heterocycles. The molecule has 0 aromatic carbocycles. The third-order valence-electron chi connectivity index (χ3n) is 3.09. The standard InChI is InChI=1S/C14H18N2O2S/c1-9-4-10(2)15-13(5-9)16-7-12(6-14(16)18)8-19-11(3)17/h4-5,12H,6-8H2,1-3H3. The highest BCUT2D eigenvalue weighted by atomic mass is 32.2. The summed E-state index contributed by atoms with van der Waals surface area (Å²) in [4.78, 5) is 29.2. The van der Waals surface area contributed by atoms with Gasteiger partial charge in [0.05, 0.1) is 0 Å². The number of carbonyl (C=O) groups is 2. The van der Waals surface area contributed by atoms with Gasteiger partial charge in [-0.15, -0.1) is 0 Å². The van der Waals surface area contributed by atoms with Gasteiger partial charge in [-0.25, -0.2) is 4.98 Å². The molecule has 19 heavy (non-hydrogen) atoms. The van der Waals surface area contributed by atoms with Crippen molar-refractivity contribution in [2.45, 2.75) is 27.2 Å². The largest absolute Gasteiger partial charge is 0.296 e. The summed E-state index contributed by atoms with van der Waals surface area (Å²) in [5.74, 6) is 1.79. The Labute approximate surface area is 117 Å². The van der Waals surface area contributed by atoms with Gasteiger partial charge in [0.15, 0.2) is 5.12 Å². The van der Waals surface area contributed by atoms with E-state index in [4.69, 9.17) is 0 Å². The molecule has 102 valence electrons. The Morgan fingerprint density at radius 3 is 2.84 bits per heavy atom. The minimum absolute atomic E-state index is 0.103. The summed E-state index contributed by atoms with van der Waals surface area (Å²) in [7, 11) is 0. The highest BCUT2D eigenvalue weighted by Crippen LogP contribution is 2.27. The number of aryl methyl sites for hydroxylation is 2. The number of hydrogen-bond donors (Lipinski definition) is 0. The van der Waals surface area contributed by atoms with Crippen molar-refractivity contribution in [3.63, 3.8) is 0 Å². The highest BCUT2D eigenvalue weighted by Gasteiger charge is 2.31. The van der Waals surface area contributed by atoms with E-state index >= 15 is 0 Å². The number of hydrogen-bond acceptors (Lipinski definition) is 4. The van der Waals surface area contributed by atoms with Crippen molar-refractivity contribution < 1.29 is 9.59 Å². The summed E-state index contributed by atoms with van der Waals surface area (Å²) >= 11 is 1.30. The fraction of sp³-hybridized carbons (Fsp3) is 0.500. The minimum atomic E-state index is 0.103. The number of carbonyl (C=O) groups excluding carboxylic acids is 2. The zero-order chi connectivity index (χ0) is 14.0. The summed E-state index contributed by atoms with van der Waals surface area (Å²) in [5, 5.41) is 0.107. The highest BCUT2D eigenvalue weighted by molar-refractivity contribution is 8.13. The van der Waals surface area contributed by atoms with Gasteiger partial charge < -0.3 is 0 Å². The molecule has 0 aliphatic carbocycles. The van der Waals surface area contributed by atoms with Crippen LogP contribution < -0.4 is 4.90 Å². The van der Waals surface area contributed by atoms with Crippen LogP contribution >= 0.6 is 11.8 Å². The molecular formula is C14H18N2O2S. The minimum Gasteiger partial charge on any atom is -0.296 e. The van der Waals surface area contributed by atoms with Crippen molar-refractivity contribution in [2.75, 3.05) is 17.2 Å². The summed E-state index contributed by atoms with van der Waals surface area (Å²) in [6, 6.07) is 3.93. The van der Waals surface area contributed by atoms with Gasteiger partial charge in [-0.05, 0) is 37.5 Å². The van der Waals surface area contributed by atoms with E-state index in [1.54, 1.807) is 11.8 Å². The number of aromatic nitrogens is 1. The van der Waals surface area contributed by atoms with Gasteiger partial charge in [0.1, 0.15) is 5.82 Å². The van der Waals surface area contributed by atoms with Gasteiger partial charge in [0, 0.05) is 31.3 Å². The van der Waals surface area contributed by atoms with E-state index in [1.165, 1.54) is 11.8 Å². The second-order valence-electron chi connectivity index (χ2n) is 5.02. The van der Waals surface area contributed by atoms with Gasteiger partial charge in [-0.1, -0.05) is 11.8 Å². The monoisotopic (exact) mass is 278 g/mol. The Balaban J connectivity index is 2.09.